The first-order chi connectivity index (χ1) is 9.08. The van der Waals surface area contributed by atoms with Gasteiger partial charge in [-0.3, -0.25) is 0 Å². The Hall–Kier alpha value is -1.40. The van der Waals surface area contributed by atoms with E-state index in [1.54, 1.807) is 0 Å². The van der Waals surface area contributed by atoms with Crippen molar-refractivity contribution in [1.29, 1.82) is 0 Å². The summed E-state index contributed by atoms with van der Waals surface area (Å²) in [6, 6.07) is 5.96. The highest BCUT2D eigenvalue weighted by atomic mass is 79.9. The lowest BCUT2D eigenvalue weighted by molar-refractivity contribution is 1.02. The zero-order valence-corrected chi connectivity index (χ0v) is 12.9. The van der Waals surface area contributed by atoms with Crippen LogP contribution in [-0.2, 0) is 0 Å². The van der Waals surface area contributed by atoms with E-state index in [1.165, 1.54) is 5.56 Å². The first-order valence-corrected chi connectivity index (χ1v) is 6.94. The van der Waals surface area contributed by atoms with Gasteiger partial charge in [0.05, 0.1) is 5.69 Å². The summed E-state index contributed by atoms with van der Waals surface area (Å²) < 4.78 is 0.939. The van der Waals surface area contributed by atoms with Gasteiger partial charge in [0.2, 0.25) is 17.2 Å². The van der Waals surface area contributed by atoms with Crippen LogP contribution in [0, 0.1) is 6.92 Å². The number of nitrogens with zero attached hydrogens (tertiary/aromatic N) is 3. The summed E-state index contributed by atoms with van der Waals surface area (Å²) in [5, 5.41) is 6.26. The van der Waals surface area contributed by atoms with Gasteiger partial charge in [-0.25, -0.2) is 0 Å². The number of aromatic nitrogens is 3. The van der Waals surface area contributed by atoms with Crippen molar-refractivity contribution in [2.24, 2.45) is 0 Å². The van der Waals surface area contributed by atoms with Crippen LogP contribution in [0.1, 0.15) is 12.5 Å². The molecule has 2 rings (SSSR count). The highest BCUT2D eigenvalue weighted by molar-refractivity contribution is 9.10. The van der Waals surface area contributed by atoms with E-state index in [0.29, 0.717) is 18.4 Å². The molecule has 0 radical (unpaired) electrons. The van der Waals surface area contributed by atoms with Crippen LogP contribution in [0.2, 0.25) is 5.28 Å². The molecule has 1 aromatic carbocycles. The van der Waals surface area contributed by atoms with Crippen molar-refractivity contribution in [2.75, 3.05) is 17.2 Å². The fourth-order valence-electron chi connectivity index (χ4n) is 1.49. The molecule has 19 heavy (non-hydrogen) atoms. The van der Waals surface area contributed by atoms with Crippen molar-refractivity contribution in [2.45, 2.75) is 13.8 Å². The average Bonchev–Trinajstić information content (AvgIpc) is 2.32. The molecule has 0 aliphatic carbocycles. The summed E-state index contributed by atoms with van der Waals surface area (Å²) in [6.45, 7) is 4.70. The predicted molar refractivity (Wildman–Crippen MR) is 81.2 cm³/mol. The van der Waals surface area contributed by atoms with Gasteiger partial charge in [-0.1, -0.05) is 6.07 Å². The van der Waals surface area contributed by atoms with Crippen LogP contribution in [0.4, 0.5) is 17.6 Å². The van der Waals surface area contributed by atoms with E-state index in [1.807, 2.05) is 32.0 Å². The molecule has 0 unspecified atom stereocenters. The van der Waals surface area contributed by atoms with Gasteiger partial charge in [0.25, 0.3) is 0 Å². The maximum Gasteiger partial charge on any atom is 0.233 e. The molecule has 0 saturated carbocycles. The Kier molecular flexibility index (Phi) is 4.55. The van der Waals surface area contributed by atoms with E-state index < -0.39 is 0 Å². The van der Waals surface area contributed by atoms with Crippen LogP contribution in [0.5, 0.6) is 0 Å². The lowest BCUT2D eigenvalue weighted by Gasteiger charge is -2.09. The number of anilines is 3. The molecule has 0 bridgehead atoms. The molecule has 1 heterocycles. The molecule has 0 fully saturated rings. The predicted octanol–water partition coefficient (Wildman–Crippen LogP) is 3.77. The Labute approximate surface area is 125 Å². The molecule has 2 aromatic rings. The zero-order chi connectivity index (χ0) is 13.8. The third-order valence-electron chi connectivity index (χ3n) is 2.31. The summed E-state index contributed by atoms with van der Waals surface area (Å²) in [7, 11) is 0. The highest BCUT2D eigenvalue weighted by Gasteiger charge is 2.06. The molecule has 0 aliphatic rings. The van der Waals surface area contributed by atoms with Gasteiger partial charge in [0.1, 0.15) is 0 Å². The topological polar surface area (TPSA) is 62.7 Å². The quantitative estimate of drug-likeness (QED) is 0.885. The molecule has 0 spiro atoms. The second kappa shape index (κ2) is 6.16. The van der Waals surface area contributed by atoms with E-state index in [-0.39, 0.29) is 5.28 Å². The average molecular weight is 343 g/mol. The Morgan fingerprint density at radius 1 is 1.21 bits per heavy atom. The minimum absolute atomic E-state index is 0.150. The standard InChI is InChI=1S/C12H13BrClN5/c1-3-15-11-17-10(14)18-12(19-11)16-9-5-4-7(2)6-8(9)13/h4-6H,3H2,1-2H3,(H2,15,16,17,18,19). The van der Waals surface area contributed by atoms with Crippen molar-refractivity contribution in [3.63, 3.8) is 0 Å². The first kappa shape index (κ1) is 14.0. The molecule has 100 valence electrons. The number of rotatable bonds is 4. The first-order valence-electron chi connectivity index (χ1n) is 5.77. The van der Waals surface area contributed by atoms with Crippen molar-refractivity contribution in [3.8, 4) is 0 Å². The Balaban J connectivity index is 2.27. The SMILES string of the molecule is CCNc1nc(Cl)nc(Nc2ccc(C)cc2Br)n1. The van der Waals surface area contributed by atoms with Crippen molar-refractivity contribution in [3.05, 3.63) is 33.5 Å². The van der Waals surface area contributed by atoms with Crippen LogP contribution in [0.25, 0.3) is 0 Å². The second-order valence-corrected chi connectivity index (χ2v) is 5.08. The molecular weight excluding hydrogens is 330 g/mol. The number of hydrogen-bond acceptors (Lipinski definition) is 5. The lowest BCUT2D eigenvalue weighted by Crippen LogP contribution is -2.06. The second-order valence-electron chi connectivity index (χ2n) is 3.89. The Morgan fingerprint density at radius 3 is 2.63 bits per heavy atom. The number of halogens is 2. The van der Waals surface area contributed by atoms with Gasteiger partial charge in [0, 0.05) is 11.0 Å². The van der Waals surface area contributed by atoms with Gasteiger partial charge >= 0.3 is 0 Å². The normalized spacial score (nSPS) is 10.3. The molecule has 5 nitrogen and oxygen atoms in total. The minimum Gasteiger partial charge on any atom is -0.354 e. The highest BCUT2D eigenvalue weighted by Crippen LogP contribution is 2.26. The maximum atomic E-state index is 5.86. The van der Waals surface area contributed by atoms with Crippen LogP contribution in [0.3, 0.4) is 0 Å². The summed E-state index contributed by atoms with van der Waals surface area (Å²) in [5.74, 6) is 0.855. The Morgan fingerprint density at radius 2 is 1.95 bits per heavy atom. The van der Waals surface area contributed by atoms with E-state index in [2.05, 4.69) is 41.5 Å². The van der Waals surface area contributed by atoms with Gasteiger partial charge < -0.3 is 10.6 Å². The number of aryl methyl sites for hydroxylation is 1. The van der Waals surface area contributed by atoms with E-state index in [9.17, 15) is 0 Å². The third kappa shape index (κ3) is 3.78. The monoisotopic (exact) mass is 341 g/mol. The van der Waals surface area contributed by atoms with E-state index >= 15 is 0 Å². The fraction of sp³-hybridized carbons (Fsp3) is 0.250. The van der Waals surface area contributed by atoms with Gasteiger partial charge in [-0.15, -0.1) is 0 Å². The van der Waals surface area contributed by atoms with Crippen molar-refractivity contribution in [1.82, 2.24) is 15.0 Å². The van der Waals surface area contributed by atoms with Crippen LogP contribution in [0.15, 0.2) is 22.7 Å². The largest absolute Gasteiger partial charge is 0.354 e. The van der Waals surface area contributed by atoms with Gasteiger partial charge in [-0.2, -0.15) is 15.0 Å². The lowest BCUT2D eigenvalue weighted by atomic mass is 10.2. The number of benzene rings is 1. The van der Waals surface area contributed by atoms with Crippen LogP contribution in [-0.4, -0.2) is 21.5 Å². The summed E-state index contributed by atoms with van der Waals surface area (Å²) >= 11 is 9.35. The maximum absolute atomic E-state index is 5.86. The van der Waals surface area contributed by atoms with Gasteiger partial charge in [-0.05, 0) is 59.1 Å². The molecule has 0 atom stereocenters. The molecule has 0 amide bonds. The molecule has 1 aromatic heterocycles. The fourth-order valence-corrected chi connectivity index (χ4v) is 2.24. The van der Waals surface area contributed by atoms with Crippen molar-refractivity contribution < 1.29 is 0 Å². The minimum atomic E-state index is 0.150. The van der Waals surface area contributed by atoms with Crippen LogP contribution >= 0.6 is 27.5 Å². The molecular formula is C12H13BrClN5. The van der Waals surface area contributed by atoms with E-state index in [0.717, 1.165) is 10.2 Å². The molecule has 7 heteroatoms. The third-order valence-corrected chi connectivity index (χ3v) is 3.14. The Bertz CT molecular complexity index is 590. The smallest absolute Gasteiger partial charge is 0.233 e. The molecule has 0 saturated heterocycles. The van der Waals surface area contributed by atoms with E-state index in [4.69, 9.17) is 11.6 Å². The van der Waals surface area contributed by atoms with Crippen molar-refractivity contribution >= 4 is 45.1 Å². The summed E-state index contributed by atoms with van der Waals surface area (Å²) in [5.41, 5.74) is 2.04. The number of hydrogen-bond donors (Lipinski definition) is 2. The van der Waals surface area contributed by atoms with Crippen LogP contribution < -0.4 is 10.6 Å². The molecule has 0 aliphatic heterocycles. The summed E-state index contributed by atoms with van der Waals surface area (Å²) in [6.07, 6.45) is 0. The summed E-state index contributed by atoms with van der Waals surface area (Å²) in [4.78, 5) is 12.3. The zero-order valence-electron chi connectivity index (χ0n) is 10.5. The number of nitrogens with one attached hydrogen (secondary N) is 2. The molecule has 2 N–H and O–H groups in total. The van der Waals surface area contributed by atoms with Gasteiger partial charge in [0.15, 0.2) is 0 Å².